The van der Waals surface area contributed by atoms with Crippen molar-refractivity contribution in [2.24, 2.45) is 0 Å². The highest BCUT2D eigenvalue weighted by molar-refractivity contribution is 6.36. The maximum atomic E-state index is 14.0. The van der Waals surface area contributed by atoms with Crippen molar-refractivity contribution >= 4 is 29.0 Å². The average Bonchev–Trinajstić information content (AvgIpc) is 2.83. The number of halogens is 3. The first-order chi connectivity index (χ1) is 16.3. The van der Waals surface area contributed by atoms with Crippen molar-refractivity contribution < 1.29 is 13.9 Å². The van der Waals surface area contributed by atoms with Crippen LogP contribution >= 0.6 is 23.2 Å². The third-order valence-electron chi connectivity index (χ3n) is 6.76. The fourth-order valence-electron chi connectivity index (χ4n) is 4.81. The number of benzene rings is 2. The Bertz CT molecular complexity index is 1230. The zero-order chi connectivity index (χ0) is 23.9. The Morgan fingerprint density at radius 1 is 1.12 bits per heavy atom. The summed E-state index contributed by atoms with van der Waals surface area (Å²) in [7, 11) is 0. The number of hydrogen-bond acceptors (Lipinski definition) is 5. The summed E-state index contributed by atoms with van der Waals surface area (Å²) in [6.07, 6.45) is 5.15. The molecular formula is C26H26Cl2FN3O2. The molecule has 2 aliphatic rings. The van der Waals surface area contributed by atoms with Crippen molar-refractivity contribution in [1.29, 1.82) is 0 Å². The number of ether oxygens (including phenoxy) is 2. The van der Waals surface area contributed by atoms with Crippen molar-refractivity contribution in [2.75, 3.05) is 18.8 Å². The van der Waals surface area contributed by atoms with Crippen LogP contribution in [0.4, 0.5) is 10.2 Å². The molecular weight excluding hydrogens is 476 g/mol. The van der Waals surface area contributed by atoms with E-state index in [9.17, 15) is 4.39 Å². The Labute approximate surface area is 208 Å². The van der Waals surface area contributed by atoms with Gasteiger partial charge in [0, 0.05) is 22.3 Å². The zero-order valence-corrected chi connectivity index (χ0v) is 20.3. The lowest BCUT2D eigenvalue weighted by Crippen LogP contribution is -2.48. The highest BCUT2D eigenvalue weighted by atomic mass is 35.5. The zero-order valence-electron chi connectivity index (χ0n) is 18.8. The van der Waals surface area contributed by atoms with E-state index in [2.05, 4.69) is 16.4 Å². The fourth-order valence-corrected chi connectivity index (χ4v) is 5.49. The Kier molecular flexibility index (Phi) is 6.32. The van der Waals surface area contributed by atoms with Crippen LogP contribution < -0.4 is 20.5 Å². The molecule has 0 amide bonds. The number of fused-ring (bicyclic) bond motifs is 1. The quantitative estimate of drug-likeness (QED) is 0.406. The summed E-state index contributed by atoms with van der Waals surface area (Å²) in [5.74, 6) is 1.01. The first-order valence-corrected chi connectivity index (χ1v) is 12.2. The summed E-state index contributed by atoms with van der Waals surface area (Å²) < 4.78 is 26.5. The van der Waals surface area contributed by atoms with Gasteiger partial charge >= 0.3 is 0 Å². The van der Waals surface area contributed by atoms with E-state index in [1.807, 2.05) is 18.2 Å². The van der Waals surface area contributed by atoms with Crippen LogP contribution in [-0.4, -0.2) is 23.7 Å². The minimum Gasteiger partial charge on any atom is -0.487 e. The number of nitrogens with zero attached hydrogens (tertiary/aromatic N) is 1. The van der Waals surface area contributed by atoms with Crippen LogP contribution in [0, 0.1) is 5.82 Å². The van der Waals surface area contributed by atoms with Crippen LogP contribution in [0.25, 0.3) is 11.1 Å². The van der Waals surface area contributed by atoms with Gasteiger partial charge in [0.2, 0.25) is 0 Å². The predicted octanol–water partition coefficient (Wildman–Crippen LogP) is 6.36. The fraction of sp³-hybridized carbons (Fsp3) is 0.346. The largest absolute Gasteiger partial charge is 0.487 e. The number of aryl methyl sites for hydroxylation is 1. The molecule has 3 N–H and O–H groups in total. The second-order valence-electron chi connectivity index (χ2n) is 8.98. The second kappa shape index (κ2) is 9.25. The molecule has 0 saturated carbocycles. The molecule has 0 unspecified atom stereocenters. The van der Waals surface area contributed by atoms with Crippen molar-refractivity contribution in [3.63, 3.8) is 0 Å². The lowest BCUT2D eigenvalue weighted by atomic mass is 9.83. The number of pyridine rings is 1. The molecule has 1 saturated heterocycles. The summed E-state index contributed by atoms with van der Waals surface area (Å²) >= 11 is 12.4. The Morgan fingerprint density at radius 3 is 2.71 bits per heavy atom. The predicted molar refractivity (Wildman–Crippen MR) is 133 cm³/mol. The molecule has 1 fully saturated rings. The molecule has 1 atom stereocenters. The van der Waals surface area contributed by atoms with E-state index in [1.54, 1.807) is 13.1 Å². The summed E-state index contributed by atoms with van der Waals surface area (Å²) in [6, 6.07) is 10.7. The van der Waals surface area contributed by atoms with E-state index in [-0.39, 0.29) is 16.4 Å². The summed E-state index contributed by atoms with van der Waals surface area (Å²) in [4.78, 5) is 4.32. The van der Waals surface area contributed by atoms with E-state index in [1.165, 1.54) is 17.7 Å². The molecule has 1 aromatic heterocycles. The van der Waals surface area contributed by atoms with Crippen LogP contribution in [0.2, 0.25) is 10.0 Å². The Hall–Kier alpha value is -2.54. The molecule has 2 aromatic carbocycles. The van der Waals surface area contributed by atoms with Gasteiger partial charge in [-0.3, -0.25) is 0 Å². The first-order valence-electron chi connectivity index (χ1n) is 11.4. The molecule has 0 radical (unpaired) electrons. The van der Waals surface area contributed by atoms with Gasteiger partial charge in [0.05, 0.1) is 5.02 Å². The van der Waals surface area contributed by atoms with Crippen molar-refractivity contribution in [1.82, 2.24) is 10.3 Å². The second-order valence-corrected chi connectivity index (χ2v) is 9.77. The highest BCUT2D eigenvalue weighted by Crippen LogP contribution is 2.41. The average molecular weight is 502 g/mol. The van der Waals surface area contributed by atoms with Gasteiger partial charge in [-0.2, -0.15) is 0 Å². The van der Waals surface area contributed by atoms with Crippen molar-refractivity contribution in [3.05, 3.63) is 69.6 Å². The van der Waals surface area contributed by atoms with Gasteiger partial charge in [0.25, 0.3) is 0 Å². The van der Waals surface area contributed by atoms with Crippen molar-refractivity contribution in [3.8, 4) is 22.6 Å². The van der Waals surface area contributed by atoms with Gasteiger partial charge in [-0.25, -0.2) is 9.37 Å². The third-order valence-corrected chi connectivity index (χ3v) is 7.47. The summed E-state index contributed by atoms with van der Waals surface area (Å²) in [5.41, 5.74) is 9.46. The van der Waals surface area contributed by atoms with Gasteiger partial charge in [-0.1, -0.05) is 29.3 Å². The van der Waals surface area contributed by atoms with Crippen LogP contribution in [0.1, 0.15) is 43.4 Å². The lowest BCUT2D eigenvalue weighted by molar-refractivity contribution is 0.0170. The maximum absolute atomic E-state index is 14.0. The van der Waals surface area contributed by atoms with E-state index in [0.717, 1.165) is 55.6 Å². The third kappa shape index (κ3) is 4.42. The molecule has 0 bridgehead atoms. The lowest BCUT2D eigenvalue weighted by Gasteiger charge is -2.41. The number of rotatable bonds is 4. The Morgan fingerprint density at radius 2 is 1.91 bits per heavy atom. The molecule has 178 valence electrons. The number of nitrogens with one attached hydrogen (secondary N) is 1. The number of nitrogen functional groups attached to an aromatic ring is 1. The molecule has 3 heterocycles. The number of hydrogen-bond donors (Lipinski definition) is 2. The van der Waals surface area contributed by atoms with Gasteiger partial charge in [-0.15, -0.1) is 0 Å². The number of nitrogens with two attached hydrogens (primary N) is 1. The number of piperidine rings is 1. The molecule has 5 rings (SSSR count). The summed E-state index contributed by atoms with van der Waals surface area (Å²) in [5, 5.41) is 3.67. The van der Waals surface area contributed by atoms with E-state index >= 15 is 0 Å². The minimum absolute atomic E-state index is 0.0425. The van der Waals surface area contributed by atoms with E-state index in [0.29, 0.717) is 16.3 Å². The van der Waals surface area contributed by atoms with Crippen LogP contribution in [0.15, 0.2) is 42.6 Å². The van der Waals surface area contributed by atoms with Crippen LogP contribution in [0.3, 0.4) is 0 Å². The first kappa shape index (κ1) is 23.2. The molecule has 0 aliphatic carbocycles. The molecule has 3 aromatic rings. The van der Waals surface area contributed by atoms with E-state index < -0.39 is 11.9 Å². The smallest absolute Gasteiger partial charge is 0.166 e. The molecule has 8 heteroatoms. The van der Waals surface area contributed by atoms with E-state index in [4.69, 9.17) is 38.4 Å². The summed E-state index contributed by atoms with van der Waals surface area (Å²) in [6.45, 7) is 3.74. The van der Waals surface area contributed by atoms with Crippen LogP contribution in [0.5, 0.6) is 11.5 Å². The monoisotopic (exact) mass is 501 g/mol. The Balaban J connectivity index is 1.40. The molecule has 2 aliphatic heterocycles. The number of anilines is 1. The minimum atomic E-state index is -0.631. The van der Waals surface area contributed by atoms with Gasteiger partial charge in [0.15, 0.2) is 11.6 Å². The molecule has 5 nitrogen and oxygen atoms in total. The van der Waals surface area contributed by atoms with Gasteiger partial charge in [-0.05, 0) is 87.2 Å². The standard InChI is InChI=1S/C26H26Cl2FN3O2/c1-15(23-19(27)3-4-20(29)24(23)28)33-22-13-18(14-32-25(22)30)16-2-5-21-17(12-16)6-7-26(34-21)8-10-31-11-9-26/h2-5,12-15,31H,6-11H2,1H3,(H2,30,32)/t15-/m1/s1. The normalized spacial score (nSPS) is 17.6. The highest BCUT2D eigenvalue weighted by Gasteiger charge is 2.37. The van der Waals surface area contributed by atoms with Gasteiger partial charge in [0.1, 0.15) is 23.3 Å². The van der Waals surface area contributed by atoms with Gasteiger partial charge < -0.3 is 20.5 Å². The topological polar surface area (TPSA) is 69.4 Å². The van der Waals surface area contributed by atoms with Crippen LogP contribution in [-0.2, 0) is 6.42 Å². The van der Waals surface area contributed by atoms with Crippen molar-refractivity contribution in [2.45, 2.75) is 44.3 Å². The molecule has 1 spiro atoms. The number of aromatic nitrogens is 1. The SMILES string of the molecule is C[C@@H](Oc1cc(-c2ccc3c(c2)CCC2(CCNCC2)O3)cnc1N)c1c(Cl)ccc(F)c1Cl. The maximum Gasteiger partial charge on any atom is 0.166 e. The molecule has 34 heavy (non-hydrogen) atoms.